The van der Waals surface area contributed by atoms with Crippen molar-refractivity contribution < 1.29 is 4.39 Å². The first-order valence-corrected chi connectivity index (χ1v) is 6.38. The molecular weight excluding hydrogens is 213 g/mol. The van der Waals surface area contributed by atoms with E-state index in [0.29, 0.717) is 17.9 Å². The Balaban J connectivity index is 2.89. The maximum atomic E-state index is 13.3. The number of hydrogen-bond donors (Lipinski definition) is 1. The van der Waals surface area contributed by atoms with Gasteiger partial charge in [-0.05, 0) is 62.4 Å². The van der Waals surface area contributed by atoms with E-state index in [1.165, 1.54) is 11.6 Å². The summed E-state index contributed by atoms with van der Waals surface area (Å²) in [5.41, 5.74) is 2.31. The van der Waals surface area contributed by atoms with Crippen molar-refractivity contribution in [2.45, 2.75) is 40.2 Å². The van der Waals surface area contributed by atoms with Crippen LogP contribution in [-0.2, 0) is 6.42 Å². The summed E-state index contributed by atoms with van der Waals surface area (Å²) < 4.78 is 13.3. The van der Waals surface area contributed by atoms with Gasteiger partial charge in [-0.1, -0.05) is 19.9 Å². The van der Waals surface area contributed by atoms with Gasteiger partial charge in [-0.3, -0.25) is 0 Å². The van der Waals surface area contributed by atoms with Crippen LogP contribution in [0.15, 0.2) is 18.2 Å². The Hall–Kier alpha value is -0.890. The molecule has 0 aromatic heterocycles. The molecule has 0 radical (unpaired) electrons. The summed E-state index contributed by atoms with van der Waals surface area (Å²) in [7, 11) is 1.98. The number of benzene rings is 1. The molecule has 1 N–H and O–H groups in total. The molecule has 0 heterocycles. The predicted molar refractivity (Wildman–Crippen MR) is 71.7 cm³/mol. The molecule has 96 valence electrons. The second-order valence-electron chi connectivity index (χ2n) is 5.26. The molecule has 2 atom stereocenters. The molecular formula is C15H24FN. The fourth-order valence-electron chi connectivity index (χ4n) is 2.32. The highest BCUT2D eigenvalue weighted by atomic mass is 19.1. The first-order valence-electron chi connectivity index (χ1n) is 6.38. The Morgan fingerprint density at radius 1 is 1.24 bits per heavy atom. The summed E-state index contributed by atoms with van der Waals surface area (Å²) in [6.07, 6.45) is 0.934. The first kappa shape index (κ1) is 14.2. The molecule has 0 fully saturated rings. The zero-order chi connectivity index (χ0) is 13.0. The molecule has 2 heteroatoms. The molecule has 0 aliphatic heterocycles. The average molecular weight is 237 g/mol. The van der Waals surface area contributed by atoms with Crippen LogP contribution in [0.3, 0.4) is 0 Å². The van der Waals surface area contributed by atoms with Gasteiger partial charge >= 0.3 is 0 Å². The van der Waals surface area contributed by atoms with E-state index in [0.717, 1.165) is 12.0 Å². The lowest BCUT2D eigenvalue weighted by molar-refractivity contribution is 0.299. The molecule has 0 saturated heterocycles. The molecule has 1 aromatic rings. The zero-order valence-corrected chi connectivity index (χ0v) is 11.5. The highest BCUT2D eigenvalue weighted by Gasteiger charge is 2.20. The molecule has 0 aliphatic carbocycles. The van der Waals surface area contributed by atoms with Crippen molar-refractivity contribution in [2.75, 3.05) is 7.05 Å². The minimum atomic E-state index is -0.134. The Morgan fingerprint density at radius 3 is 2.41 bits per heavy atom. The van der Waals surface area contributed by atoms with Crippen LogP contribution in [0.4, 0.5) is 4.39 Å². The van der Waals surface area contributed by atoms with Gasteiger partial charge in [0.05, 0.1) is 0 Å². The standard InChI is InChI=1S/C15H24FN/c1-10(2)15(12(4)17-5)9-13-8-14(16)7-6-11(13)3/h6-8,10,12,15,17H,9H2,1-5H3. The minimum absolute atomic E-state index is 0.134. The Kier molecular flexibility index (Phi) is 5.13. The van der Waals surface area contributed by atoms with E-state index in [4.69, 9.17) is 0 Å². The number of aryl methyl sites for hydroxylation is 1. The number of halogens is 1. The Labute approximate surface area is 104 Å². The van der Waals surface area contributed by atoms with E-state index in [2.05, 4.69) is 33.0 Å². The summed E-state index contributed by atoms with van der Waals surface area (Å²) in [6.45, 7) is 8.70. The van der Waals surface area contributed by atoms with Gasteiger partial charge in [0.2, 0.25) is 0 Å². The van der Waals surface area contributed by atoms with E-state index in [1.807, 2.05) is 13.1 Å². The van der Waals surface area contributed by atoms with Gasteiger partial charge in [0, 0.05) is 6.04 Å². The normalized spacial score (nSPS) is 15.0. The van der Waals surface area contributed by atoms with Crippen LogP contribution in [0, 0.1) is 24.6 Å². The van der Waals surface area contributed by atoms with Gasteiger partial charge in [0.1, 0.15) is 5.82 Å². The summed E-state index contributed by atoms with van der Waals surface area (Å²) in [6, 6.07) is 5.52. The topological polar surface area (TPSA) is 12.0 Å². The lowest BCUT2D eigenvalue weighted by Gasteiger charge is -2.28. The van der Waals surface area contributed by atoms with Gasteiger partial charge in [-0.15, -0.1) is 0 Å². The second-order valence-corrected chi connectivity index (χ2v) is 5.26. The largest absolute Gasteiger partial charge is 0.317 e. The number of nitrogens with one attached hydrogen (secondary N) is 1. The van der Waals surface area contributed by atoms with E-state index in [-0.39, 0.29) is 5.82 Å². The lowest BCUT2D eigenvalue weighted by Crippen LogP contribution is -2.35. The quantitative estimate of drug-likeness (QED) is 0.825. The van der Waals surface area contributed by atoms with Crippen LogP contribution in [0.2, 0.25) is 0 Å². The van der Waals surface area contributed by atoms with Crippen LogP contribution in [-0.4, -0.2) is 13.1 Å². The van der Waals surface area contributed by atoms with Crippen LogP contribution in [0.1, 0.15) is 31.9 Å². The van der Waals surface area contributed by atoms with Gasteiger partial charge < -0.3 is 5.32 Å². The summed E-state index contributed by atoms with van der Waals surface area (Å²) in [5, 5.41) is 3.31. The van der Waals surface area contributed by atoms with E-state index in [9.17, 15) is 4.39 Å². The van der Waals surface area contributed by atoms with Crippen LogP contribution in [0.5, 0.6) is 0 Å². The van der Waals surface area contributed by atoms with Crippen molar-refractivity contribution in [3.63, 3.8) is 0 Å². The molecule has 0 spiro atoms. The molecule has 2 unspecified atom stereocenters. The fourth-order valence-corrected chi connectivity index (χ4v) is 2.32. The summed E-state index contributed by atoms with van der Waals surface area (Å²) in [5.74, 6) is 0.978. The molecule has 0 amide bonds. The van der Waals surface area contributed by atoms with Crippen molar-refractivity contribution in [2.24, 2.45) is 11.8 Å². The van der Waals surface area contributed by atoms with Crippen molar-refractivity contribution >= 4 is 0 Å². The Bertz CT molecular complexity index is 360. The summed E-state index contributed by atoms with van der Waals surface area (Å²) >= 11 is 0. The average Bonchev–Trinajstić information content (AvgIpc) is 2.28. The third kappa shape index (κ3) is 3.81. The molecule has 0 aliphatic rings. The SMILES string of the molecule is CNC(C)C(Cc1cc(F)ccc1C)C(C)C. The van der Waals surface area contributed by atoms with Gasteiger partial charge in [-0.2, -0.15) is 0 Å². The summed E-state index contributed by atoms with van der Waals surface area (Å²) in [4.78, 5) is 0. The minimum Gasteiger partial charge on any atom is -0.317 e. The van der Waals surface area contributed by atoms with Crippen LogP contribution < -0.4 is 5.32 Å². The molecule has 1 aromatic carbocycles. The van der Waals surface area contributed by atoms with E-state index in [1.54, 1.807) is 6.07 Å². The fraction of sp³-hybridized carbons (Fsp3) is 0.600. The maximum absolute atomic E-state index is 13.3. The predicted octanol–water partition coefficient (Wildman–Crippen LogP) is 3.56. The monoisotopic (exact) mass is 237 g/mol. The van der Waals surface area contributed by atoms with E-state index < -0.39 is 0 Å². The third-order valence-corrected chi connectivity index (χ3v) is 3.72. The van der Waals surface area contributed by atoms with Gasteiger partial charge in [0.25, 0.3) is 0 Å². The molecule has 0 bridgehead atoms. The molecule has 1 rings (SSSR count). The van der Waals surface area contributed by atoms with Crippen molar-refractivity contribution in [3.8, 4) is 0 Å². The lowest BCUT2D eigenvalue weighted by atomic mass is 9.83. The van der Waals surface area contributed by atoms with Crippen molar-refractivity contribution in [1.29, 1.82) is 0 Å². The molecule has 1 nitrogen and oxygen atoms in total. The maximum Gasteiger partial charge on any atom is 0.123 e. The number of hydrogen-bond acceptors (Lipinski definition) is 1. The second kappa shape index (κ2) is 6.15. The van der Waals surface area contributed by atoms with Crippen molar-refractivity contribution in [1.82, 2.24) is 5.32 Å². The molecule has 0 saturated carbocycles. The first-order chi connectivity index (χ1) is 7.95. The smallest absolute Gasteiger partial charge is 0.123 e. The van der Waals surface area contributed by atoms with Crippen molar-refractivity contribution in [3.05, 3.63) is 35.1 Å². The van der Waals surface area contributed by atoms with E-state index >= 15 is 0 Å². The van der Waals surface area contributed by atoms with Gasteiger partial charge in [0.15, 0.2) is 0 Å². The Morgan fingerprint density at radius 2 is 1.88 bits per heavy atom. The third-order valence-electron chi connectivity index (χ3n) is 3.72. The number of rotatable bonds is 5. The molecule has 17 heavy (non-hydrogen) atoms. The highest BCUT2D eigenvalue weighted by Crippen LogP contribution is 2.23. The van der Waals surface area contributed by atoms with Crippen LogP contribution in [0.25, 0.3) is 0 Å². The van der Waals surface area contributed by atoms with Gasteiger partial charge in [-0.25, -0.2) is 4.39 Å². The zero-order valence-electron chi connectivity index (χ0n) is 11.5. The van der Waals surface area contributed by atoms with Crippen LogP contribution >= 0.6 is 0 Å². The highest BCUT2D eigenvalue weighted by molar-refractivity contribution is 5.27.